The smallest absolute Gasteiger partial charge is 0.180 e. The minimum atomic E-state index is -3.43. The molecule has 9 heteroatoms. The average Bonchev–Trinajstić information content (AvgIpc) is 2.67. The third kappa shape index (κ3) is 2.29. The lowest BCUT2D eigenvalue weighted by Gasteiger charge is -2.10. The van der Waals surface area contributed by atoms with E-state index in [1.165, 1.54) is 4.68 Å². The zero-order valence-corrected chi connectivity index (χ0v) is 10.8. The van der Waals surface area contributed by atoms with Gasteiger partial charge in [-0.25, -0.2) is 21.5 Å². The summed E-state index contributed by atoms with van der Waals surface area (Å²) < 4.78 is 46.7. The van der Waals surface area contributed by atoms with E-state index >= 15 is 0 Å². The number of sulfone groups is 2. The van der Waals surface area contributed by atoms with Gasteiger partial charge >= 0.3 is 0 Å². The number of nitrogens with zero attached hydrogens (tertiary/aromatic N) is 2. The van der Waals surface area contributed by atoms with E-state index in [-0.39, 0.29) is 28.3 Å². The zero-order chi connectivity index (χ0) is 12.8. The quantitative estimate of drug-likeness (QED) is 0.760. The van der Waals surface area contributed by atoms with Crippen molar-refractivity contribution in [3.63, 3.8) is 0 Å². The fraction of sp³-hybridized carbons (Fsp3) is 0.625. The maximum Gasteiger partial charge on any atom is 0.180 e. The van der Waals surface area contributed by atoms with Crippen LogP contribution in [0.25, 0.3) is 0 Å². The number of hydrogen-bond acceptors (Lipinski definition) is 6. The van der Waals surface area contributed by atoms with E-state index in [1.54, 1.807) is 0 Å². The van der Waals surface area contributed by atoms with Gasteiger partial charge in [0.2, 0.25) is 0 Å². The Morgan fingerprint density at radius 2 is 2.18 bits per heavy atom. The molecule has 0 bridgehead atoms. The number of nitrogens with two attached hydrogens (primary N) is 1. The van der Waals surface area contributed by atoms with E-state index in [4.69, 9.17) is 5.73 Å². The molecule has 1 aliphatic heterocycles. The fourth-order valence-corrected chi connectivity index (χ4v) is 4.30. The molecule has 96 valence electrons. The predicted octanol–water partition coefficient (Wildman–Crippen LogP) is -0.772. The molecule has 0 amide bonds. The Hall–Kier alpha value is -1.09. The minimum Gasteiger partial charge on any atom is -0.383 e. The first-order valence-electron chi connectivity index (χ1n) is 4.94. The number of anilines is 1. The van der Waals surface area contributed by atoms with E-state index in [1.807, 2.05) is 0 Å². The Morgan fingerprint density at radius 3 is 2.59 bits per heavy atom. The number of rotatable bonds is 2. The molecule has 1 saturated heterocycles. The van der Waals surface area contributed by atoms with Gasteiger partial charge in [-0.3, -0.25) is 0 Å². The van der Waals surface area contributed by atoms with Gasteiger partial charge in [0.1, 0.15) is 10.7 Å². The highest BCUT2D eigenvalue weighted by atomic mass is 32.2. The summed E-state index contributed by atoms with van der Waals surface area (Å²) in [5.74, 6) is 0.0578. The van der Waals surface area contributed by atoms with Crippen LogP contribution in [0.1, 0.15) is 12.5 Å². The minimum absolute atomic E-state index is 0.00889. The monoisotopic (exact) mass is 279 g/mol. The molecule has 1 atom stereocenters. The first-order chi connectivity index (χ1) is 7.71. The summed E-state index contributed by atoms with van der Waals surface area (Å²) in [6.45, 7) is 0. The van der Waals surface area contributed by atoms with Gasteiger partial charge in [0, 0.05) is 6.26 Å². The van der Waals surface area contributed by atoms with Gasteiger partial charge in [0.15, 0.2) is 19.7 Å². The Morgan fingerprint density at radius 1 is 1.53 bits per heavy atom. The Balaban J connectivity index is 2.40. The van der Waals surface area contributed by atoms with Gasteiger partial charge in [-0.1, -0.05) is 0 Å². The number of nitrogen functional groups attached to an aromatic ring is 1. The van der Waals surface area contributed by atoms with E-state index in [0.29, 0.717) is 6.42 Å². The lowest BCUT2D eigenvalue weighted by Crippen LogP contribution is -2.15. The molecule has 0 aliphatic carbocycles. The summed E-state index contributed by atoms with van der Waals surface area (Å²) in [6, 6.07) is -0.365. The Kier molecular flexibility index (Phi) is 2.69. The highest BCUT2D eigenvalue weighted by Crippen LogP contribution is 2.28. The molecule has 0 spiro atoms. The van der Waals surface area contributed by atoms with Gasteiger partial charge in [-0.15, -0.1) is 0 Å². The summed E-state index contributed by atoms with van der Waals surface area (Å²) in [6.07, 6.45) is 2.61. The van der Waals surface area contributed by atoms with Crippen molar-refractivity contribution in [3.05, 3.63) is 6.20 Å². The van der Waals surface area contributed by atoms with Crippen molar-refractivity contribution in [2.45, 2.75) is 17.4 Å². The third-order valence-corrected chi connectivity index (χ3v) is 5.62. The first kappa shape index (κ1) is 12.4. The van der Waals surface area contributed by atoms with Crippen LogP contribution in [0.5, 0.6) is 0 Å². The average molecular weight is 279 g/mol. The second-order valence-electron chi connectivity index (χ2n) is 4.17. The van der Waals surface area contributed by atoms with Crippen LogP contribution in [-0.2, 0) is 19.7 Å². The van der Waals surface area contributed by atoms with Crippen LogP contribution in [-0.4, -0.2) is 44.4 Å². The Labute approximate surface area is 99.4 Å². The van der Waals surface area contributed by atoms with Crippen LogP contribution in [0, 0.1) is 0 Å². The summed E-state index contributed by atoms with van der Waals surface area (Å²) in [7, 11) is -6.48. The van der Waals surface area contributed by atoms with Crippen LogP contribution in [0.15, 0.2) is 11.1 Å². The zero-order valence-electron chi connectivity index (χ0n) is 9.20. The molecule has 7 nitrogen and oxygen atoms in total. The van der Waals surface area contributed by atoms with Crippen LogP contribution in [0.4, 0.5) is 5.82 Å². The van der Waals surface area contributed by atoms with Crippen molar-refractivity contribution < 1.29 is 16.8 Å². The maximum atomic E-state index is 11.4. The van der Waals surface area contributed by atoms with Gasteiger partial charge in [0.05, 0.1) is 23.7 Å². The fourth-order valence-electron chi connectivity index (χ4n) is 1.90. The van der Waals surface area contributed by atoms with E-state index in [2.05, 4.69) is 5.10 Å². The second kappa shape index (κ2) is 3.70. The maximum absolute atomic E-state index is 11.4. The molecule has 1 aromatic heterocycles. The standard InChI is InChI=1S/C8H13N3O4S2/c1-16(12,13)7-4-10-11(8(7)9)6-2-3-17(14,15)5-6/h4,6H,2-3,5,9H2,1H3. The third-order valence-electron chi connectivity index (χ3n) is 2.75. The molecule has 2 rings (SSSR count). The summed E-state index contributed by atoms with van der Waals surface area (Å²) in [5, 5.41) is 3.88. The van der Waals surface area contributed by atoms with Crippen molar-refractivity contribution in [3.8, 4) is 0 Å². The van der Waals surface area contributed by atoms with Crippen LogP contribution >= 0.6 is 0 Å². The summed E-state index contributed by atoms with van der Waals surface area (Å²) in [5.41, 5.74) is 5.68. The molecule has 2 N–H and O–H groups in total. The van der Waals surface area contributed by atoms with Crippen LogP contribution < -0.4 is 5.73 Å². The van der Waals surface area contributed by atoms with E-state index in [9.17, 15) is 16.8 Å². The van der Waals surface area contributed by atoms with Gasteiger partial charge in [-0.2, -0.15) is 5.10 Å². The normalized spacial score (nSPS) is 23.9. The molecule has 1 aliphatic rings. The van der Waals surface area contributed by atoms with Crippen molar-refractivity contribution >= 4 is 25.5 Å². The summed E-state index contributed by atoms with van der Waals surface area (Å²) >= 11 is 0. The lowest BCUT2D eigenvalue weighted by molar-refractivity contribution is 0.506. The van der Waals surface area contributed by atoms with Gasteiger partial charge in [-0.05, 0) is 6.42 Å². The highest BCUT2D eigenvalue weighted by molar-refractivity contribution is 7.91. The SMILES string of the molecule is CS(=O)(=O)c1cnn(C2CCS(=O)(=O)C2)c1N. The molecular weight excluding hydrogens is 266 g/mol. The van der Waals surface area contributed by atoms with Crippen LogP contribution in [0.3, 0.4) is 0 Å². The molecule has 0 radical (unpaired) electrons. The van der Waals surface area contributed by atoms with Crippen molar-refractivity contribution in [1.82, 2.24) is 9.78 Å². The largest absolute Gasteiger partial charge is 0.383 e. The van der Waals surface area contributed by atoms with Crippen molar-refractivity contribution in [2.75, 3.05) is 23.5 Å². The van der Waals surface area contributed by atoms with Crippen molar-refractivity contribution in [1.29, 1.82) is 0 Å². The number of hydrogen-bond donors (Lipinski definition) is 1. The molecule has 0 aromatic carbocycles. The predicted molar refractivity (Wildman–Crippen MR) is 62.1 cm³/mol. The summed E-state index contributed by atoms with van der Waals surface area (Å²) in [4.78, 5) is -0.0539. The van der Waals surface area contributed by atoms with Gasteiger partial charge < -0.3 is 5.73 Å². The lowest BCUT2D eigenvalue weighted by atomic mass is 10.3. The topological polar surface area (TPSA) is 112 Å². The van der Waals surface area contributed by atoms with E-state index < -0.39 is 19.7 Å². The second-order valence-corrected chi connectivity index (χ2v) is 8.38. The highest BCUT2D eigenvalue weighted by Gasteiger charge is 2.32. The van der Waals surface area contributed by atoms with Crippen LogP contribution in [0.2, 0.25) is 0 Å². The van der Waals surface area contributed by atoms with Gasteiger partial charge in [0.25, 0.3) is 0 Å². The number of aromatic nitrogens is 2. The molecular formula is C8H13N3O4S2. The van der Waals surface area contributed by atoms with Crippen molar-refractivity contribution in [2.24, 2.45) is 0 Å². The first-order valence-corrected chi connectivity index (χ1v) is 8.65. The van der Waals surface area contributed by atoms with E-state index in [0.717, 1.165) is 12.5 Å². The molecule has 0 saturated carbocycles. The molecule has 1 unspecified atom stereocenters. The Bertz CT molecular complexity index is 644. The molecule has 1 aromatic rings. The molecule has 17 heavy (non-hydrogen) atoms. The molecule has 1 fully saturated rings. The molecule has 2 heterocycles.